The van der Waals surface area contributed by atoms with Gasteiger partial charge in [-0.1, -0.05) is 12.1 Å². The molecule has 0 bridgehead atoms. The Kier molecular flexibility index (Phi) is 8.39. The number of nitrogens with one attached hydrogen (secondary N) is 1. The van der Waals surface area contributed by atoms with Crippen molar-refractivity contribution in [3.63, 3.8) is 0 Å². The van der Waals surface area contributed by atoms with E-state index in [2.05, 4.69) is 10.2 Å². The first-order chi connectivity index (χ1) is 13.0. The third kappa shape index (κ3) is 7.46. The number of amides is 2. The largest absolute Gasteiger partial charge is 0.493 e. The summed E-state index contributed by atoms with van der Waals surface area (Å²) in [5.74, 6) is 1.03. The SMILES string of the molecule is COc1ccccc1OCC(=O)N(CCC(=O)NCCCN(C)C)C1CC1. The van der Waals surface area contributed by atoms with Gasteiger partial charge in [-0.15, -0.1) is 0 Å². The van der Waals surface area contributed by atoms with Crippen LogP contribution < -0.4 is 14.8 Å². The van der Waals surface area contributed by atoms with Gasteiger partial charge < -0.3 is 24.6 Å². The van der Waals surface area contributed by atoms with E-state index in [1.165, 1.54) is 0 Å². The van der Waals surface area contributed by atoms with Crippen LogP contribution in [-0.2, 0) is 9.59 Å². The Labute approximate surface area is 161 Å². The van der Waals surface area contributed by atoms with Crippen LogP contribution in [0.4, 0.5) is 0 Å². The molecule has 0 heterocycles. The molecule has 7 heteroatoms. The first-order valence-electron chi connectivity index (χ1n) is 9.48. The standard InChI is InChI=1S/C20H31N3O4/c1-22(2)13-6-12-21-19(24)11-14-23(16-9-10-16)20(25)15-27-18-8-5-4-7-17(18)26-3/h4-5,7-8,16H,6,9-15H2,1-3H3,(H,21,24). The molecule has 2 rings (SSSR count). The zero-order valence-electron chi connectivity index (χ0n) is 16.6. The molecule has 27 heavy (non-hydrogen) atoms. The molecule has 150 valence electrons. The fourth-order valence-corrected chi connectivity index (χ4v) is 2.79. The minimum Gasteiger partial charge on any atom is -0.493 e. The minimum absolute atomic E-state index is 0.0159. The Morgan fingerprint density at radius 2 is 1.85 bits per heavy atom. The van der Waals surface area contributed by atoms with E-state index in [9.17, 15) is 9.59 Å². The van der Waals surface area contributed by atoms with Gasteiger partial charge in [0, 0.05) is 25.6 Å². The number of hydrogen-bond donors (Lipinski definition) is 1. The van der Waals surface area contributed by atoms with Gasteiger partial charge in [0.1, 0.15) is 0 Å². The number of hydrogen-bond acceptors (Lipinski definition) is 5. The van der Waals surface area contributed by atoms with Crippen LogP contribution in [0.15, 0.2) is 24.3 Å². The molecule has 0 spiro atoms. The normalized spacial score (nSPS) is 13.3. The van der Waals surface area contributed by atoms with Gasteiger partial charge in [-0.25, -0.2) is 0 Å². The highest BCUT2D eigenvalue weighted by Gasteiger charge is 2.32. The Morgan fingerprint density at radius 1 is 1.15 bits per heavy atom. The fourth-order valence-electron chi connectivity index (χ4n) is 2.79. The van der Waals surface area contributed by atoms with Crippen molar-refractivity contribution < 1.29 is 19.1 Å². The van der Waals surface area contributed by atoms with Crippen molar-refractivity contribution in [3.05, 3.63) is 24.3 Å². The second kappa shape index (κ2) is 10.8. The van der Waals surface area contributed by atoms with Crippen molar-refractivity contribution >= 4 is 11.8 Å². The smallest absolute Gasteiger partial charge is 0.260 e. The van der Waals surface area contributed by atoms with E-state index in [0.717, 1.165) is 25.8 Å². The van der Waals surface area contributed by atoms with E-state index in [-0.39, 0.29) is 24.5 Å². The first-order valence-corrected chi connectivity index (χ1v) is 9.48. The molecule has 0 atom stereocenters. The summed E-state index contributed by atoms with van der Waals surface area (Å²) in [6, 6.07) is 7.48. The van der Waals surface area contributed by atoms with Gasteiger partial charge >= 0.3 is 0 Å². The molecule has 2 amide bonds. The summed E-state index contributed by atoms with van der Waals surface area (Å²) < 4.78 is 10.9. The lowest BCUT2D eigenvalue weighted by atomic mass is 10.3. The Balaban J connectivity index is 1.75. The van der Waals surface area contributed by atoms with E-state index >= 15 is 0 Å². The van der Waals surface area contributed by atoms with E-state index in [0.29, 0.717) is 31.0 Å². The molecule has 1 aromatic rings. The highest BCUT2D eigenvalue weighted by molar-refractivity contribution is 5.80. The second-order valence-electron chi connectivity index (χ2n) is 7.01. The van der Waals surface area contributed by atoms with Crippen LogP contribution in [0, 0.1) is 0 Å². The number of rotatable bonds is 12. The van der Waals surface area contributed by atoms with Crippen molar-refractivity contribution in [2.75, 3.05) is 47.4 Å². The molecule has 0 unspecified atom stereocenters. The summed E-state index contributed by atoms with van der Waals surface area (Å²) in [4.78, 5) is 28.4. The Hall–Kier alpha value is -2.28. The number of carbonyl (C=O) groups is 2. The lowest BCUT2D eigenvalue weighted by Gasteiger charge is -2.22. The van der Waals surface area contributed by atoms with Crippen LogP contribution in [0.1, 0.15) is 25.7 Å². The Morgan fingerprint density at radius 3 is 2.48 bits per heavy atom. The summed E-state index contributed by atoms with van der Waals surface area (Å²) in [5, 5.41) is 2.91. The lowest BCUT2D eigenvalue weighted by molar-refractivity contribution is -0.134. The lowest BCUT2D eigenvalue weighted by Crippen LogP contribution is -2.39. The van der Waals surface area contributed by atoms with E-state index < -0.39 is 0 Å². The Bertz CT molecular complexity index is 617. The molecule has 0 saturated heterocycles. The van der Waals surface area contributed by atoms with Crippen molar-refractivity contribution in [1.29, 1.82) is 0 Å². The van der Waals surface area contributed by atoms with Crippen LogP contribution in [0.2, 0.25) is 0 Å². The first kappa shape index (κ1) is 21.0. The predicted molar refractivity (Wildman–Crippen MR) is 104 cm³/mol. The maximum absolute atomic E-state index is 12.6. The molecular weight excluding hydrogens is 346 g/mol. The molecule has 7 nitrogen and oxygen atoms in total. The highest BCUT2D eigenvalue weighted by Crippen LogP contribution is 2.28. The summed E-state index contributed by atoms with van der Waals surface area (Å²) in [5.41, 5.74) is 0. The van der Waals surface area contributed by atoms with Gasteiger partial charge in [0.25, 0.3) is 5.91 Å². The van der Waals surface area contributed by atoms with Crippen LogP contribution in [-0.4, -0.2) is 75.1 Å². The number of para-hydroxylation sites is 2. The number of ether oxygens (including phenoxy) is 2. The van der Waals surface area contributed by atoms with Gasteiger partial charge in [-0.05, 0) is 52.0 Å². The number of nitrogens with zero attached hydrogens (tertiary/aromatic N) is 2. The van der Waals surface area contributed by atoms with Crippen molar-refractivity contribution in [1.82, 2.24) is 15.1 Å². The molecule has 1 aromatic carbocycles. The molecule has 0 aromatic heterocycles. The monoisotopic (exact) mass is 377 g/mol. The van der Waals surface area contributed by atoms with E-state index in [1.54, 1.807) is 24.1 Å². The summed E-state index contributed by atoms with van der Waals surface area (Å²) in [6.07, 6.45) is 3.21. The zero-order chi connectivity index (χ0) is 19.6. The number of benzene rings is 1. The van der Waals surface area contributed by atoms with Gasteiger partial charge in [-0.2, -0.15) is 0 Å². The molecule has 1 aliphatic rings. The molecule has 1 fully saturated rings. The van der Waals surface area contributed by atoms with Crippen molar-refractivity contribution in [2.45, 2.75) is 31.7 Å². The zero-order valence-corrected chi connectivity index (χ0v) is 16.6. The molecule has 1 aliphatic carbocycles. The molecule has 0 radical (unpaired) electrons. The van der Waals surface area contributed by atoms with Crippen molar-refractivity contribution in [2.24, 2.45) is 0 Å². The molecular formula is C20H31N3O4. The summed E-state index contributed by atoms with van der Waals surface area (Å²) in [6.45, 7) is 1.97. The maximum atomic E-state index is 12.6. The van der Waals surface area contributed by atoms with Gasteiger partial charge in [0.15, 0.2) is 18.1 Å². The van der Waals surface area contributed by atoms with E-state index in [1.807, 2.05) is 26.2 Å². The van der Waals surface area contributed by atoms with Crippen LogP contribution >= 0.6 is 0 Å². The number of methoxy groups -OCH3 is 1. The van der Waals surface area contributed by atoms with Gasteiger partial charge in [0.05, 0.1) is 7.11 Å². The topological polar surface area (TPSA) is 71.1 Å². The average Bonchev–Trinajstić information content (AvgIpc) is 3.48. The van der Waals surface area contributed by atoms with Crippen LogP contribution in [0.25, 0.3) is 0 Å². The van der Waals surface area contributed by atoms with Gasteiger partial charge in [0.2, 0.25) is 5.91 Å². The third-order valence-electron chi connectivity index (χ3n) is 4.41. The van der Waals surface area contributed by atoms with Crippen molar-refractivity contribution in [3.8, 4) is 11.5 Å². The van der Waals surface area contributed by atoms with Crippen LogP contribution in [0.3, 0.4) is 0 Å². The summed E-state index contributed by atoms with van der Waals surface area (Å²) >= 11 is 0. The van der Waals surface area contributed by atoms with Gasteiger partial charge in [-0.3, -0.25) is 9.59 Å². The fraction of sp³-hybridized carbons (Fsp3) is 0.600. The third-order valence-corrected chi connectivity index (χ3v) is 4.41. The second-order valence-corrected chi connectivity index (χ2v) is 7.01. The average molecular weight is 377 g/mol. The molecule has 0 aliphatic heterocycles. The molecule has 1 saturated carbocycles. The maximum Gasteiger partial charge on any atom is 0.260 e. The minimum atomic E-state index is -0.0937. The summed E-state index contributed by atoms with van der Waals surface area (Å²) in [7, 11) is 5.58. The van der Waals surface area contributed by atoms with Crippen LogP contribution in [0.5, 0.6) is 11.5 Å². The number of carbonyl (C=O) groups excluding carboxylic acids is 2. The predicted octanol–water partition coefficient (Wildman–Crippen LogP) is 1.52. The van der Waals surface area contributed by atoms with E-state index in [4.69, 9.17) is 9.47 Å². The molecule has 1 N–H and O–H groups in total. The highest BCUT2D eigenvalue weighted by atomic mass is 16.5. The quantitative estimate of drug-likeness (QED) is 0.559.